The highest BCUT2D eigenvalue weighted by Gasteiger charge is 2.24. The minimum Gasteiger partial charge on any atom is -0.444 e. The molecule has 5 nitrogen and oxygen atoms in total. The fourth-order valence-corrected chi connectivity index (χ4v) is 2.75. The molecule has 2 rings (SSSR count). The van der Waals surface area contributed by atoms with Crippen molar-refractivity contribution in [2.45, 2.75) is 45.8 Å². The fourth-order valence-electron chi connectivity index (χ4n) is 1.69. The summed E-state index contributed by atoms with van der Waals surface area (Å²) in [6.45, 7) is 8.53. The predicted molar refractivity (Wildman–Crippen MR) is 72.1 cm³/mol. The van der Waals surface area contributed by atoms with Gasteiger partial charge in [0.15, 0.2) is 5.13 Å². The second-order valence-electron chi connectivity index (χ2n) is 5.39. The Balaban J connectivity index is 1.99. The van der Waals surface area contributed by atoms with E-state index in [1.807, 2.05) is 27.7 Å². The summed E-state index contributed by atoms with van der Waals surface area (Å²) in [7, 11) is 0. The lowest BCUT2D eigenvalue weighted by Gasteiger charge is -2.26. The van der Waals surface area contributed by atoms with Gasteiger partial charge < -0.3 is 10.1 Å². The van der Waals surface area contributed by atoms with E-state index in [0.717, 1.165) is 18.7 Å². The molecule has 1 amide bonds. The van der Waals surface area contributed by atoms with E-state index in [2.05, 4.69) is 15.6 Å². The van der Waals surface area contributed by atoms with Crippen LogP contribution in [0.3, 0.4) is 0 Å². The summed E-state index contributed by atoms with van der Waals surface area (Å²) < 4.78 is 5.19. The zero-order valence-corrected chi connectivity index (χ0v) is 12.0. The molecule has 1 atom stereocenters. The molecule has 1 fully saturated rings. The number of aromatic nitrogens is 1. The first-order chi connectivity index (χ1) is 8.35. The lowest BCUT2D eigenvalue weighted by atomic mass is 10.1. The Morgan fingerprint density at radius 1 is 1.56 bits per heavy atom. The highest BCUT2D eigenvalue weighted by molar-refractivity contribution is 7.16. The average Bonchev–Trinajstić information content (AvgIpc) is 2.40. The molecule has 0 spiro atoms. The smallest absolute Gasteiger partial charge is 0.413 e. The molecule has 0 bridgehead atoms. The summed E-state index contributed by atoms with van der Waals surface area (Å²) in [6.07, 6.45) is 0.680. The number of carbonyl (C=O) groups excluding carboxylic acids is 1. The van der Waals surface area contributed by atoms with Crippen molar-refractivity contribution >= 4 is 22.6 Å². The van der Waals surface area contributed by atoms with E-state index >= 15 is 0 Å². The van der Waals surface area contributed by atoms with Crippen molar-refractivity contribution in [3.05, 3.63) is 10.6 Å². The molecule has 0 aliphatic carbocycles. The van der Waals surface area contributed by atoms with Crippen LogP contribution >= 0.6 is 11.3 Å². The molecule has 1 aromatic rings. The molecule has 2 N–H and O–H groups in total. The van der Waals surface area contributed by atoms with Gasteiger partial charge in [-0.3, -0.25) is 5.32 Å². The number of amides is 1. The van der Waals surface area contributed by atoms with E-state index in [1.165, 1.54) is 16.2 Å². The Labute approximate surface area is 111 Å². The van der Waals surface area contributed by atoms with E-state index < -0.39 is 11.7 Å². The normalized spacial score (nSPS) is 19.2. The molecule has 2 heterocycles. The minimum atomic E-state index is -0.491. The maximum absolute atomic E-state index is 11.6. The number of nitrogens with one attached hydrogen (secondary N) is 2. The number of thiazole rings is 1. The summed E-state index contributed by atoms with van der Waals surface area (Å²) in [6, 6.07) is 0.400. The van der Waals surface area contributed by atoms with Crippen LogP contribution in [0.5, 0.6) is 0 Å². The van der Waals surface area contributed by atoms with Crippen molar-refractivity contribution in [2.24, 2.45) is 0 Å². The van der Waals surface area contributed by atoms with Crippen LogP contribution in [0.4, 0.5) is 9.93 Å². The van der Waals surface area contributed by atoms with Crippen molar-refractivity contribution < 1.29 is 9.53 Å². The first-order valence-electron chi connectivity index (χ1n) is 6.06. The van der Waals surface area contributed by atoms with Crippen molar-refractivity contribution in [1.29, 1.82) is 0 Å². The largest absolute Gasteiger partial charge is 0.444 e. The first-order valence-corrected chi connectivity index (χ1v) is 6.87. The van der Waals surface area contributed by atoms with Gasteiger partial charge in [-0.05, 0) is 40.7 Å². The van der Waals surface area contributed by atoms with Gasteiger partial charge in [-0.25, -0.2) is 9.78 Å². The molecule has 1 aliphatic rings. The molecule has 1 aromatic heterocycles. The second-order valence-corrected chi connectivity index (χ2v) is 6.42. The maximum Gasteiger partial charge on any atom is 0.413 e. The molecule has 1 aliphatic heterocycles. The Kier molecular flexibility index (Phi) is 3.59. The SMILES string of the molecule is Cc1nc(NC(=O)OC(C)(C)C)sc1C1CCN1. The van der Waals surface area contributed by atoms with Crippen LogP contribution in [0.1, 0.15) is 43.8 Å². The average molecular weight is 269 g/mol. The molecule has 100 valence electrons. The van der Waals surface area contributed by atoms with E-state index in [1.54, 1.807) is 0 Å². The number of nitrogens with zero attached hydrogens (tertiary/aromatic N) is 1. The topological polar surface area (TPSA) is 63.2 Å². The van der Waals surface area contributed by atoms with Crippen LogP contribution in [0, 0.1) is 6.92 Å². The third kappa shape index (κ3) is 3.20. The van der Waals surface area contributed by atoms with Gasteiger partial charge >= 0.3 is 6.09 Å². The minimum absolute atomic E-state index is 0.400. The van der Waals surface area contributed by atoms with Crippen LogP contribution < -0.4 is 10.6 Å². The number of aryl methyl sites for hydroxylation is 1. The van der Waals surface area contributed by atoms with Crippen molar-refractivity contribution in [3.63, 3.8) is 0 Å². The van der Waals surface area contributed by atoms with Crippen LogP contribution in [0.25, 0.3) is 0 Å². The fraction of sp³-hybridized carbons (Fsp3) is 0.667. The molecular weight excluding hydrogens is 250 g/mol. The van der Waals surface area contributed by atoms with Crippen molar-refractivity contribution in [3.8, 4) is 0 Å². The highest BCUT2D eigenvalue weighted by atomic mass is 32.1. The summed E-state index contributed by atoms with van der Waals surface area (Å²) in [5.41, 5.74) is 0.484. The number of anilines is 1. The summed E-state index contributed by atoms with van der Waals surface area (Å²) in [5, 5.41) is 6.62. The predicted octanol–water partition coefficient (Wildman–Crippen LogP) is 2.83. The van der Waals surface area contributed by atoms with Gasteiger partial charge in [0, 0.05) is 10.9 Å². The quantitative estimate of drug-likeness (QED) is 0.866. The zero-order valence-electron chi connectivity index (χ0n) is 11.2. The lowest BCUT2D eigenvalue weighted by molar-refractivity contribution is 0.0636. The standard InChI is InChI=1S/C12H19N3O2S/c1-7-9(8-5-6-13-8)18-10(14-7)15-11(16)17-12(2,3)4/h8,13H,5-6H2,1-4H3,(H,14,15,16). The zero-order chi connectivity index (χ0) is 13.3. The van der Waals surface area contributed by atoms with Crippen molar-refractivity contribution in [2.75, 3.05) is 11.9 Å². The molecule has 1 unspecified atom stereocenters. The van der Waals surface area contributed by atoms with Crippen LogP contribution in [0.15, 0.2) is 0 Å². The lowest BCUT2D eigenvalue weighted by Crippen LogP contribution is -2.34. The molecule has 0 saturated carbocycles. The van der Waals surface area contributed by atoms with E-state index in [4.69, 9.17) is 4.74 Å². The van der Waals surface area contributed by atoms with Crippen LogP contribution in [0.2, 0.25) is 0 Å². The van der Waals surface area contributed by atoms with E-state index in [9.17, 15) is 4.79 Å². The summed E-state index contributed by atoms with van der Waals surface area (Å²) >= 11 is 1.51. The highest BCUT2D eigenvalue weighted by Crippen LogP contribution is 2.33. The maximum atomic E-state index is 11.6. The Morgan fingerprint density at radius 3 is 2.72 bits per heavy atom. The summed E-state index contributed by atoms with van der Waals surface area (Å²) in [5.74, 6) is 0. The first kappa shape index (κ1) is 13.3. The number of ether oxygens (including phenoxy) is 1. The van der Waals surface area contributed by atoms with Gasteiger partial charge in [-0.1, -0.05) is 11.3 Å². The van der Waals surface area contributed by atoms with Gasteiger partial charge in [0.2, 0.25) is 0 Å². The Morgan fingerprint density at radius 2 is 2.22 bits per heavy atom. The molecule has 0 aromatic carbocycles. The third-order valence-electron chi connectivity index (χ3n) is 2.58. The molecule has 18 heavy (non-hydrogen) atoms. The van der Waals surface area contributed by atoms with E-state index in [-0.39, 0.29) is 0 Å². The number of hydrogen-bond donors (Lipinski definition) is 2. The monoisotopic (exact) mass is 269 g/mol. The Hall–Kier alpha value is -1.14. The molecular formula is C12H19N3O2S. The van der Waals surface area contributed by atoms with Gasteiger partial charge in [0.05, 0.1) is 5.69 Å². The van der Waals surface area contributed by atoms with Gasteiger partial charge in [0.1, 0.15) is 5.60 Å². The van der Waals surface area contributed by atoms with Gasteiger partial charge in [0.25, 0.3) is 0 Å². The second kappa shape index (κ2) is 4.85. The molecule has 6 heteroatoms. The third-order valence-corrected chi connectivity index (χ3v) is 3.77. The Bertz CT molecular complexity index is 447. The van der Waals surface area contributed by atoms with Crippen LogP contribution in [-0.2, 0) is 4.74 Å². The van der Waals surface area contributed by atoms with E-state index in [0.29, 0.717) is 11.2 Å². The summed E-state index contributed by atoms with van der Waals surface area (Å²) in [4.78, 5) is 17.2. The number of hydrogen-bond acceptors (Lipinski definition) is 5. The van der Waals surface area contributed by atoms with Gasteiger partial charge in [-0.2, -0.15) is 0 Å². The van der Waals surface area contributed by atoms with Gasteiger partial charge in [-0.15, -0.1) is 0 Å². The number of rotatable bonds is 2. The molecule has 1 saturated heterocycles. The number of carbonyl (C=O) groups is 1. The van der Waals surface area contributed by atoms with Crippen LogP contribution in [-0.4, -0.2) is 23.2 Å². The van der Waals surface area contributed by atoms with Crippen molar-refractivity contribution in [1.82, 2.24) is 10.3 Å². The molecule has 0 radical (unpaired) electrons.